The molecule has 0 unspecified atom stereocenters. The molecule has 0 fully saturated rings. The van der Waals surface area contributed by atoms with Crippen LogP contribution in [-0.4, -0.2) is 82.8 Å². The monoisotopic (exact) mass is 866 g/mol. The van der Waals surface area contributed by atoms with Crippen LogP contribution in [-0.2, 0) is 32.6 Å². The zero-order chi connectivity index (χ0) is 44.9. The van der Waals surface area contributed by atoms with Gasteiger partial charge in [-0.05, 0) is 93.8 Å². The first kappa shape index (κ1) is 56.6. The summed E-state index contributed by atoms with van der Waals surface area (Å²) in [5.41, 5.74) is 4.68. The second kappa shape index (κ2) is 27.5. The Morgan fingerprint density at radius 2 is 1.40 bits per heavy atom. The Labute approximate surface area is 361 Å². The molecule has 58 heavy (non-hydrogen) atoms. The minimum absolute atomic E-state index is 0.0559. The van der Waals surface area contributed by atoms with Gasteiger partial charge in [-0.15, -0.1) is 0 Å². The number of hydrogen-bond donors (Lipinski definition) is 1. The maximum atomic E-state index is 12.0. The highest BCUT2D eigenvalue weighted by atomic mass is 28.4. The summed E-state index contributed by atoms with van der Waals surface area (Å²) in [4.78, 5) is 12.0. The largest absolute Gasteiger partial charge is 0.413 e. The molecule has 0 aliphatic heterocycles. The quantitative estimate of drug-likeness (QED) is 0.0263. The Morgan fingerprint density at radius 1 is 0.810 bits per heavy atom. The normalized spacial score (nSPS) is 16.2. The Kier molecular flexibility index (Phi) is 26.8. The summed E-state index contributed by atoms with van der Waals surface area (Å²) < 4.78 is 38.5. The molecule has 11 heteroatoms. The molecular weight excluding hydrogens is 775 g/mol. The first-order chi connectivity index (χ1) is 26.7. The highest BCUT2D eigenvalue weighted by Gasteiger charge is 2.47. The summed E-state index contributed by atoms with van der Waals surface area (Å²) in [7, 11) is -3.77. The third-order valence-corrected chi connectivity index (χ3v) is 23.7. The van der Waals surface area contributed by atoms with E-state index in [0.717, 1.165) is 43.1 Å². The van der Waals surface area contributed by atoms with Crippen LogP contribution in [0.4, 0.5) is 0 Å². The number of carbonyl (C=O) groups is 1. The van der Waals surface area contributed by atoms with E-state index < -0.39 is 24.7 Å². The third-order valence-electron chi connectivity index (χ3n) is 11.4. The average molecular weight is 867 g/mol. The number of rotatable bonds is 29. The van der Waals surface area contributed by atoms with E-state index in [4.69, 9.17) is 27.8 Å². The number of ether oxygens (including phenoxy) is 4. The second-order valence-corrected chi connectivity index (χ2v) is 36.1. The molecule has 4 atom stereocenters. The Balaban J connectivity index is 6.21. The molecule has 0 aliphatic rings. The molecule has 0 saturated heterocycles. The van der Waals surface area contributed by atoms with Crippen LogP contribution in [0.2, 0.25) is 60.4 Å². The highest BCUT2D eigenvalue weighted by Crippen LogP contribution is 2.43. The van der Waals surface area contributed by atoms with Crippen LogP contribution in [0, 0.1) is 5.92 Å². The molecule has 0 radical (unpaired) electrons. The van der Waals surface area contributed by atoms with Crippen LogP contribution in [0.25, 0.3) is 0 Å². The van der Waals surface area contributed by atoms with Crippen molar-refractivity contribution in [2.24, 2.45) is 5.92 Å². The Morgan fingerprint density at radius 3 is 1.91 bits per heavy atom. The van der Waals surface area contributed by atoms with E-state index in [1.165, 1.54) is 5.57 Å². The van der Waals surface area contributed by atoms with Gasteiger partial charge in [0.15, 0.2) is 16.6 Å². The highest BCUT2D eigenvalue weighted by molar-refractivity contribution is 6.77. The zero-order valence-electron chi connectivity index (χ0n) is 41.1. The predicted molar refractivity (Wildman–Crippen MR) is 256 cm³/mol. The molecule has 1 N–H and O–H groups in total. The van der Waals surface area contributed by atoms with E-state index in [2.05, 4.69) is 139 Å². The third kappa shape index (κ3) is 22.4. The summed E-state index contributed by atoms with van der Waals surface area (Å²) in [6, 6.07) is 1.10. The van der Waals surface area contributed by atoms with Crippen molar-refractivity contribution in [3.05, 3.63) is 59.4 Å². The van der Waals surface area contributed by atoms with E-state index in [1.807, 2.05) is 26.8 Å². The maximum absolute atomic E-state index is 12.0. The number of hydrogen-bond acceptors (Lipinski definition) is 7. The minimum atomic E-state index is -2.14. The summed E-state index contributed by atoms with van der Waals surface area (Å²) in [6.07, 6.45) is 16.0. The van der Waals surface area contributed by atoms with Crippen LogP contribution in [0.3, 0.4) is 0 Å². The Bertz CT molecular complexity index is 1300. The number of amides is 1. The van der Waals surface area contributed by atoms with Gasteiger partial charge in [-0.3, -0.25) is 4.79 Å². The lowest BCUT2D eigenvalue weighted by molar-refractivity contribution is -0.123. The molecule has 1 amide bonds. The lowest BCUT2D eigenvalue weighted by atomic mass is 9.95. The van der Waals surface area contributed by atoms with Crippen LogP contribution in [0.1, 0.15) is 116 Å². The van der Waals surface area contributed by atoms with Gasteiger partial charge >= 0.3 is 0 Å². The van der Waals surface area contributed by atoms with Crippen molar-refractivity contribution >= 4 is 30.6 Å². The van der Waals surface area contributed by atoms with Crippen molar-refractivity contribution in [3.8, 4) is 0 Å². The van der Waals surface area contributed by atoms with Gasteiger partial charge in [-0.2, -0.15) is 0 Å². The van der Waals surface area contributed by atoms with E-state index in [1.54, 1.807) is 19.4 Å². The second-order valence-electron chi connectivity index (χ2n) is 20.3. The lowest BCUT2D eigenvalue weighted by Crippen LogP contribution is -2.52. The molecule has 0 aromatic carbocycles. The van der Waals surface area contributed by atoms with Crippen molar-refractivity contribution in [1.29, 1.82) is 0 Å². The fraction of sp³-hybridized carbons (Fsp3) is 0.766. The molecule has 8 nitrogen and oxygen atoms in total. The van der Waals surface area contributed by atoms with Gasteiger partial charge in [-0.1, -0.05) is 130 Å². The first-order valence-corrected chi connectivity index (χ1v) is 30.7. The number of allylic oxidation sites excluding steroid dienone is 6. The molecule has 0 aromatic rings. The molecule has 0 heterocycles. The van der Waals surface area contributed by atoms with E-state index in [-0.39, 0.29) is 48.8 Å². The van der Waals surface area contributed by atoms with Gasteiger partial charge in [0.1, 0.15) is 19.7 Å². The van der Waals surface area contributed by atoms with Gasteiger partial charge < -0.3 is 33.1 Å². The number of methoxy groups -OCH3 is 1. The van der Waals surface area contributed by atoms with Crippen molar-refractivity contribution in [2.75, 3.05) is 33.9 Å². The van der Waals surface area contributed by atoms with Crippen molar-refractivity contribution in [2.45, 2.75) is 195 Å². The fourth-order valence-corrected chi connectivity index (χ4v) is 14.7. The predicted octanol–water partition coefficient (Wildman–Crippen LogP) is 13.1. The zero-order valence-corrected chi connectivity index (χ0v) is 44.1. The molecule has 338 valence electrons. The van der Waals surface area contributed by atoms with Gasteiger partial charge in [0, 0.05) is 40.0 Å². The average Bonchev–Trinajstić information content (AvgIpc) is 3.06. The Hall–Kier alpha value is -1.42. The van der Waals surface area contributed by atoms with Gasteiger partial charge in [0.25, 0.3) is 0 Å². The minimum Gasteiger partial charge on any atom is -0.413 e. The van der Waals surface area contributed by atoms with Crippen LogP contribution in [0.15, 0.2) is 59.4 Å². The SMILES string of the molecule is COCO[C@H](CO[Si](C(C)C)(C(C)C)C(C)C)[C@@H](CCC=CC=C(C)C[C@@H](OCOCC[Si](C)(C)C)[C@H](C)C=C(C)C=CNC(=O)C=C(C)C)O[Si](C)(C)C(C)(C)C. The first-order valence-electron chi connectivity index (χ1n) is 21.9. The molecule has 0 saturated carbocycles. The van der Waals surface area contributed by atoms with Gasteiger partial charge in [0.05, 0.1) is 18.8 Å². The molecule has 0 aromatic heterocycles. The van der Waals surface area contributed by atoms with Gasteiger partial charge in [0.2, 0.25) is 5.91 Å². The standard InChI is InChI=1S/C47H91NO7Si3/c1-36(2)30-46(49)48-27-26-41(10)31-42(11)44(53-35-51-28-29-56(16,17)18)32-40(9)24-22-21-23-25-43(55-57(19,20)47(12,13)14)45(52-34-50-15)33-54-58(37(3)4,38(5)6)39(7)8/h21-22,24,26-27,30-31,37-39,42-45H,23,25,28-29,32-35H2,1-20H3,(H,48,49)/t42-,43-,44-,45-/m1/s1. The van der Waals surface area contributed by atoms with E-state index >= 15 is 0 Å². The maximum Gasteiger partial charge on any atom is 0.247 e. The lowest BCUT2D eigenvalue weighted by Gasteiger charge is -2.45. The molecule has 0 rings (SSSR count). The summed E-state index contributed by atoms with van der Waals surface area (Å²) in [6.45, 7) is 44.4. The van der Waals surface area contributed by atoms with E-state index in [0.29, 0.717) is 23.2 Å². The molecule has 0 aliphatic carbocycles. The van der Waals surface area contributed by atoms with Crippen LogP contribution >= 0.6 is 0 Å². The molecular formula is C47H91NO7Si3. The fourth-order valence-electron chi connectivity index (χ4n) is 7.10. The summed E-state index contributed by atoms with van der Waals surface area (Å²) in [5.74, 6) is -0.00796. The summed E-state index contributed by atoms with van der Waals surface area (Å²) >= 11 is 0. The number of carbonyl (C=O) groups excluding carboxylic acids is 1. The van der Waals surface area contributed by atoms with Crippen LogP contribution < -0.4 is 5.32 Å². The van der Waals surface area contributed by atoms with Crippen molar-refractivity contribution in [3.63, 3.8) is 0 Å². The van der Waals surface area contributed by atoms with Gasteiger partial charge in [-0.25, -0.2) is 0 Å². The molecule has 0 spiro atoms. The van der Waals surface area contributed by atoms with Crippen LogP contribution in [0.5, 0.6) is 0 Å². The number of nitrogens with one attached hydrogen (secondary N) is 1. The topological polar surface area (TPSA) is 84.5 Å². The van der Waals surface area contributed by atoms with Crippen molar-refractivity contribution < 1.29 is 32.6 Å². The summed E-state index contributed by atoms with van der Waals surface area (Å²) in [5, 5.41) is 2.87. The van der Waals surface area contributed by atoms with E-state index in [9.17, 15) is 4.79 Å². The smallest absolute Gasteiger partial charge is 0.247 e. The molecule has 0 bridgehead atoms. The van der Waals surface area contributed by atoms with Crippen molar-refractivity contribution in [1.82, 2.24) is 5.32 Å².